The Balaban J connectivity index is 1.38. The van der Waals surface area contributed by atoms with Gasteiger partial charge in [0, 0.05) is 19.6 Å². The van der Waals surface area contributed by atoms with Crippen molar-refractivity contribution in [3.63, 3.8) is 0 Å². The van der Waals surface area contributed by atoms with Crippen molar-refractivity contribution in [2.24, 2.45) is 5.92 Å². The maximum atomic E-state index is 13.1. The lowest BCUT2D eigenvalue weighted by molar-refractivity contribution is 0.161. The summed E-state index contributed by atoms with van der Waals surface area (Å²) in [5.74, 6) is 0.656. The number of nitrogens with zero attached hydrogens (tertiary/aromatic N) is 2. The quantitative estimate of drug-likeness (QED) is 0.808. The predicted molar refractivity (Wildman–Crippen MR) is 105 cm³/mol. The van der Waals surface area contributed by atoms with Crippen LogP contribution in [0.15, 0.2) is 23.1 Å². The second kappa shape index (κ2) is 7.99. The minimum Gasteiger partial charge on any atom is -0.303 e. The van der Waals surface area contributed by atoms with Gasteiger partial charge in [-0.1, -0.05) is 12.5 Å². The van der Waals surface area contributed by atoms with Gasteiger partial charge in [-0.25, -0.2) is 8.42 Å². The van der Waals surface area contributed by atoms with E-state index >= 15 is 0 Å². The zero-order chi connectivity index (χ0) is 18.0. The number of piperidine rings is 2. The molecular weight excluding hydrogens is 344 g/mol. The van der Waals surface area contributed by atoms with Gasteiger partial charge in [0.2, 0.25) is 10.0 Å². The average molecular weight is 377 g/mol. The maximum absolute atomic E-state index is 13.1. The van der Waals surface area contributed by atoms with Crippen LogP contribution in [-0.2, 0) is 22.9 Å². The van der Waals surface area contributed by atoms with E-state index in [1.807, 2.05) is 18.2 Å². The Morgan fingerprint density at radius 3 is 2.27 bits per heavy atom. The Bertz CT molecular complexity index is 718. The topological polar surface area (TPSA) is 40.6 Å². The highest BCUT2D eigenvalue weighted by molar-refractivity contribution is 7.89. The molecule has 0 atom stereocenters. The highest BCUT2D eigenvalue weighted by Crippen LogP contribution is 2.28. The van der Waals surface area contributed by atoms with Crippen molar-refractivity contribution >= 4 is 10.0 Å². The van der Waals surface area contributed by atoms with Gasteiger partial charge in [0.1, 0.15) is 0 Å². The molecule has 2 heterocycles. The Kier molecular flexibility index (Phi) is 5.67. The molecule has 1 aromatic carbocycles. The lowest BCUT2D eigenvalue weighted by atomic mass is 9.92. The number of hydrogen-bond donors (Lipinski definition) is 0. The zero-order valence-corrected chi connectivity index (χ0v) is 16.6. The molecule has 0 N–H and O–H groups in total. The van der Waals surface area contributed by atoms with E-state index in [1.165, 1.54) is 56.3 Å². The minimum absolute atomic E-state index is 0.507. The molecule has 0 aromatic heterocycles. The molecule has 4 rings (SSSR count). The average Bonchev–Trinajstić information content (AvgIpc) is 2.69. The van der Waals surface area contributed by atoms with Crippen molar-refractivity contribution < 1.29 is 8.42 Å². The smallest absolute Gasteiger partial charge is 0.243 e. The fraction of sp³-hybridized carbons (Fsp3) is 0.714. The number of aryl methyl sites for hydroxylation is 2. The van der Waals surface area contributed by atoms with Gasteiger partial charge in [-0.15, -0.1) is 0 Å². The summed E-state index contributed by atoms with van der Waals surface area (Å²) in [6.07, 6.45) is 10.5. The number of hydrogen-bond acceptors (Lipinski definition) is 3. The molecule has 2 fully saturated rings. The van der Waals surface area contributed by atoms with Crippen LogP contribution in [0.1, 0.15) is 56.1 Å². The molecule has 2 saturated heterocycles. The van der Waals surface area contributed by atoms with E-state index in [-0.39, 0.29) is 0 Å². The van der Waals surface area contributed by atoms with E-state index < -0.39 is 10.0 Å². The molecule has 0 unspecified atom stereocenters. The van der Waals surface area contributed by atoms with E-state index in [1.54, 1.807) is 4.31 Å². The van der Waals surface area contributed by atoms with Crippen LogP contribution in [0.5, 0.6) is 0 Å². The molecule has 5 heteroatoms. The van der Waals surface area contributed by atoms with E-state index in [9.17, 15) is 8.42 Å². The summed E-state index contributed by atoms with van der Waals surface area (Å²) in [4.78, 5) is 3.09. The van der Waals surface area contributed by atoms with Gasteiger partial charge < -0.3 is 4.90 Å². The molecule has 26 heavy (non-hydrogen) atoms. The van der Waals surface area contributed by atoms with Crippen LogP contribution in [0.3, 0.4) is 0 Å². The standard InChI is InChI=1S/C21H32N2O2S/c24-26(25,21-9-8-19-6-2-3-7-20(19)16-21)23-14-10-18(11-15-23)17-22-12-4-1-5-13-22/h8-9,16,18H,1-7,10-15,17H2. The Labute approximate surface area is 158 Å². The van der Waals surface area contributed by atoms with Crippen molar-refractivity contribution in [3.05, 3.63) is 29.3 Å². The third-order valence-electron chi connectivity index (χ3n) is 6.50. The molecule has 2 aliphatic heterocycles. The van der Waals surface area contributed by atoms with E-state index in [0.29, 0.717) is 23.9 Å². The number of likely N-dealkylation sites (tertiary alicyclic amines) is 1. The molecule has 0 bridgehead atoms. The van der Waals surface area contributed by atoms with Crippen molar-refractivity contribution in [3.8, 4) is 0 Å². The molecule has 0 saturated carbocycles. The van der Waals surface area contributed by atoms with Gasteiger partial charge in [0.05, 0.1) is 4.90 Å². The largest absolute Gasteiger partial charge is 0.303 e. The minimum atomic E-state index is -3.33. The molecule has 1 aliphatic carbocycles. The van der Waals surface area contributed by atoms with E-state index in [0.717, 1.165) is 32.2 Å². The summed E-state index contributed by atoms with van der Waals surface area (Å²) >= 11 is 0. The van der Waals surface area contributed by atoms with Gasteiger partial charge in [-0.05, 0) is 93.6 Å². The Hall–Kier alpha value is -0.910. The van der Waals surface area contributed by atoms with Crippen molar-refractivity contribution in [2.75, 3.05) is 32.7 Å². The van der Waals surface area contributed by atoms with E-state index in [4.69, 9.17) is 0 Å². The Morgan fingerprint density at radius 2 is 1.54 bits per heavy atom. The van der Waals surface area contributed by atoms with Crippen LogP contribution in [0.25, 0.3) is 0 Å². The van der Waals surface area contributed by atoms with Gasteiger partial charge in [-0.3, -0.25) is 0 Å². The first-order valence-electron chi connectivity index (χ1n) is 10.5. The van der Waals surface area contributed by atoms with Crippen molar-refractivity contribution in [1.29, 1.82) is 0 Å². The van der Waals surface area contributed by atoms with Gasteiger partial charge in [0.15, 0.2) is 0 Å². The first-order chi connectivity index (χ1) is 12.6. The maximum Gasteiger partial charge on any atom is 0.243 e. The first kappa shape index (κ1) is 18.5. The Morgan fingerprint density at radius 1 is 0.846 bits per heavy atom. The van der Waals surface area contributed by atoms with Gasteiger partial charge in [-0.2, -0.15) is 4.31 Å². The van der Waals surface area contributed by atoms with Crippen molar-refractivity contribution in [2.45, 2.75) is 62.7 Å². The fourth-order valence-electron chi connectivity index (χ4n) is 4.86. The summed E-state index contributed by atoms with van der Waals surface area (Å²) in [5, 5.41) is 0. The monoisotopic (exact) mass is 376 g/mol. The number of sulfonamides is 1. The van der Waals surface area contributed by atoms with Crippen LogP contribution in [0, 0.1) is 5.92 Å². The molecule has 0 radical (unpaired) electrons. The van der Waals surface area contributed by atoms with Gasteiger partial charge >= 0.3 is 0 Å². The molecule has 0 amide bonds. The van der Waals surface area contributed by atoms with Crippen LogP contribution in [0.4, 0.5) is 0 Å². The number of fused-ring (bicyclic) bond motifs is 1. The molecular formula is C21H32N2O2S. The molecule has 0 spiro atoms. The SMILES string of the molecule is O=S(=O)(c1ccc2c(c1)CCCC2)N1CCC(CN2CCCCC2)CC1. The predicted octanol–water partition coefficient (Wildman–Crippen LogP) is 3.45. The molecule has 1 aromatic rings. The molecule has 144 valence electrons. The summed E-state index contributed by atoms with van der Waals surface area (Å²) < 4.78 is 27.9. The molecule has 3 aliphatic rings. The van der Waals surface area contributed by atoms with Crippen LogP contribution < -0.4 is 0 Å². The molecule has 4 nitrogen and oxygen atoms in total. The first-order valence-corrected chi connectivity index (χ1v) is 11.9. The highest BCUT2D eigenvalue weighted by Gasteiger charge is 2.30. The second-order valence-electron chi connectivity index (χ2n) is 8.35. The normalized spacial score (nSPS) is 23.7. The summed E-state index contributed by atoms with van der Waals surface area (Å²) in [6.45, 7) is 4.98. The number of rotatable bonds is 4. The third kappa shape index (κ3) is 4.00. The second-order valence-corrected chi connectivity index (χ2v) is 10.3. The van der Waals surface area contributed by atoms with E-state index in [2.05, 4.69) is 4.90 Å². The summed E-state index contributed by atoms with van der Waals surface area (Å²) in [5.41, 5.74) is 2.59. The lowest BCUT2D eigenvalue weighted by Crippen LogP contribution is -2.42. The zero-order valence-electron chi connectivity index (χ0n) is 15.8. The van der Waals surface area contributed by atoms with Crippen LogP contribution >= 0.6 is 0 Å². The summed E-state index contributed by atoms with van der Waals surface area (Å²) in [7, 11) is -3.33. The number of benzene rings is 1. The van der Waals surface area contributed by atoms with Crippen LogP contribution in [0.2, 0.25) is 0 Å². The van der Waals surface area contributed by atoms with Crippen molar-refractivity contribution in [1.82, 2.24) is 9.21 Å². The third-order valence-corrected chi connectivity index (χ3v) is 8.39. The fourth-order valence-corrected chi connectivity index (χ4v) is 6.38. The van der Waals surface area contributed by atoms with Crippen LogP contribution in [-0.4, -0.2) is 50.3 Å². The highest BCUT2D eigenvalue weighted by atomic mass is 32.2. The summed E-state index contributed by atoms with van der Waals surface area (Å²) in [6, 6.07) is 5.83. The van der Waals surface area contributed by atoms with Gasteiger partial charge in [0.25, 0.3) is 0 Å². The lowest BCUT2D eigenvalue weighted by Gasteiger charge is -2.35.